The maximum absolute atomic E-state index is 8.63. The van der Waals surface area contributed by atoms with Crippen LogP contribution < -0.4 is 0 Å². The first kappa shape index (κ1) is 30.7. The summed E-state index contributed by atoms with van der Waals surface area (Å²) in [5.74, 6) is 0.322. The van der Waals surface area contributed by atoms with Crippen LogP contribution in [0.2, 0.25) is 0 Å². The maximum atomic E-state index is 8.63. The van der Waals surface area contributed by atoms with Crippen LogP contribution >= 0.6 is 15.9 Å². The molecule has 172 valence electrons. The molecule has 1 N–H and O–H groups in total. The minimum atomic E-state index is 0.322. The van der Waals surface area contributed by atoms with E-state index in [1.165, 1.54) is 94.9 Å². The molecule has 2 nitrogen and oxygen atoms in total. The zero-order valence-electron chi connectivity index (χ0n) is 20.3. The molecule has 0 fully saturated rings. The zero-order valence-corrected chi connectivity index (χ0v) is 21.9. The first-order valence-electron chi connectivity index (χ1n) is 12.2. The summed E-state index contributed by atoms with van der Waals surface area (Å²) in [6, 6.07) is 8.71. The number of nitrogens with zero attached hydrogens (tertiary/aromatic N) is 1. The SMILES string of the molecule is CCCCBr.CCCC[N+](CCCC)(CCCC)CCCC.Oc1ccccc1. The van der Waals surface area contributed by atoms with Crippen LogP contribution in [-0.2, 0) is 0 Å². The van der Waals surface area contributed by atoms with Crippen LogP contribution in [0.4, 0.5) is 0 Å². The number of unbranched alkanes of at least 4 members (excludes halogenated alkanes) is 5. The van der Waals surface area contributed by atoms with Crippen LogP contribution in [0.25, 0.3) is 0 Å². The van der Waals surface area contributed by atoms with Crippen molar-refractivity contribution in [3.63, 3.8) is 0 Å². The lowest BCUT2D eigenvalue weighted by atomic mass is 10.1. The normalized spacial score (nSPS) is 10.6. The molecular weight excluding hydrogens is 422 g/mol. The molecule has 0 atom stereocenters. The van der Waals surface area contributed by atoms with Gasteiger partial charge in [0.25, 0.3) is 0 Å². The van der Waals surface area contributed by atoms with Gasteiger partial charge in [-0.15, -0.1) is 0 Å². The van der Waals surface area contributed by atoms with Gasteiger partial charge in [-0.1, -0.05) is 101 Å². The summed E-state index contributed by atoms with van der Waals surface area (Å²) < 4.78 is 1.42. The molecule has 1 aromatic rings. The minimum Gasteiger partial charge on any atom is -0.508 e. The van der Waals surface area contributed by atoms with E-state index in [0.717, 1.165) is 5.33 Å². The van der Waals surface area contributed by atoms with Crippen molar-refractivity contribution in [2.75, 3.05) is 31.5 Å². The molecule has 0 bridgehead atoms. The van der Waals surface area contributed by atoms with Gasteiger partial charge in [0.05, 0.1) is 26.2 Å². The van der Waals surface area contributed by atoms with E-state index in [4.69, 9.17) is 5.11 Å². The molecule has 0 spiro atoms. The molecule has 0 aliphatic heterocycles. The number of hydrogen-bond acceptors (Lipinski definition) is 1. The van der Waals surface area contributed by atoms with Crippen LogP contribution in [-0.4, -0.2) is 41.1 Å². The van der Waals surface area contributed by atoms with Gasteiger partial charge in [0.2, 0.25) is 0 Å². The van der Waals surface area contributed by atoms with E-state index in [0.29, 0.717) is 5.75 Å². The Labute approximate surface area is 191 Å². The molecule has 1 aromatic carbocycles. The Bertz CT molecular complexity index is 371. The van der Waals surface area contributed by atoms with Crippen molar-refractivity contribution in [1.82, 2.24) is 0 Å². The fraction of sp³-hybridized carbons (Fsp3) is 0.769. The van der Waals surface area contributed by atoms with Crippen LogP contribution in [0.1, 0.15) is 98.8 Å². The van der Waals surface area contributed by atoms with Crippen molar-refractivity contribution >= 4 is 15.9 Å². The smallest absolute Gasteiger partial charge is 0.115 e. The monoisotopic (exact) mass is 472 g/mol. The summed E-state index contributed by atoms with van der Waals surface area (Å²) in [5, 5.41) is 9.79. The van der Waals surface area contributed by atoms with Gasteiger partial charge in [-0.3, -0.25) is 0 Å². The summed E-state index contributed by atoms with van der Waals surface area (Å²) in [7, 11) is 0. The maximum Gasteiger partial charge on any atom is 0.115 e. The summed E-state index contributed by atoms with van der Waals surface area (Å²) in [6.45, 7) is 17.2. The van der Waals surface area contributed by atoms with Crippen molar-refractivity contribution in [2.24, 2.45) is 0 Å². The summed E-state index contributed by atoms with van der Waals surface area (Å²) in [4.78, 5) is 0. The number of alkyl halides is 1. The predicted octanol–water partition coefficient (Wildman–Crippen LogP) is 8.58. The van der Waals surface area contributed by atoms with Gasteiger partial charge in [-0.05, 0) is 44.2 Å². The van der Waals surface area contributed by atoms with E-state index in [2.05, 4.69) is 50.5 Å². The third-order valence-electron chi connectivity index (χ3n) is 5.19. The first-order valence-corrected chi connectivity index (χ1v) is 13.3. The lowest BCUT2D eigenvalue weighted by molar-refractivity contribution is -0.929. The molecule has 0 unspecified atom stereocenters. The van der Waals surface area contributed by atoms with Crippen LogP contribution in [0.3, 0.4) is 0 Å². The number of para-hydroxylation sites is 1. The Morgan fingerprint density at radius 2 is 0.966 bits per heavy atom. The van der Waals surface area contributed by atoms with Gasteiger partial charge >= 0.3 is 0 Å². The van der Waals surface area contributed by atoms with E-state index >= 15 is 0 Å². The number of phenolic OH excluding ortho intramolecular Hbond substituents is 1. The lowest BCUT2D eigenvalue weighted by Gasteiger charge is -2.39. The number of hydrogen-bond donors (Lipinski definition) is 1. The highest BCUT2D eigenvalue weighted by Gasteiger charge is 2.24. The van der Waals surface area contributed by atoms with Gasteiger partial charge in [0, 0.05) is 5.33 Å². The average Bonchev–Trinajstić information content (AvgIpc) is 2.75. The van der Waals surface area contributed by atoms with E-state index in [1.807, 2.05) is 6.07 Å². The molecule has 0 saturated carbocycles. The standard InChI is InChI=1S/C16H36N.C6H6O.C4H9Br/c1-5-9-13-17(14-10-6-2,15-11-7-3)16-12-8-4;7-6-4-2-1-3-5-6;1-2-3-4-5/h5-16H2,1-4H3;1-5,7H;2-4H2,1H3/q+1;;. The molecule has 0 amide bonds. The Hall–Kier alpha value is -0.540. The predicted molar refractivity (Wildman–Crippen MR) is 136 cm³/mol. The zero-order chi connectivity index (χ0) is 22.2. The second kappa shape index (κ2) is 23.7. The Morgan fingerprint density at radius 1 is 0.621 bits per heavy atom. The minimum absolute atomic E-state index is 0.322. The van der Waals surface area contributed by atoms with Crippen molar-refractivity contribution in [3.8, 4) is 5.75 Å². The van der Waals surface area contributed by atoms with Gasteiger partial charge in [-0.2, -0.15) is 0 Å². The highest BCUT2D eigenvalue weighted by Crippen LogP contribution is 2.16. The molecule has 0 aliphatic rings. The fourth-order valence-corrected chi connectivity index (χ4v) is 3.77. The van der Waals surface area contributed by atoms with Crippen LogP contribution in [0.15, 0.2) is 30.3 Å². The van der Waals surface area contributed by atoms with E-state index in [-0.39, 0.29) is 0 Å². The Balaban J connectivity index is 0. The number of aromatic hydroxyl groups is 1. The third-order valence-corrected chi connectivity index (χ3v) is 5.75. The largest absolute Gasteiger partial charge is 0.508 e. The van der Waals surface area contributed by atoms with E-state index < -0.39 is 0 Å². The quantitative estimate of drug-likeness (QED) is 0.212. The Morgan fingerprint density at radius 3 is 1.14 bits per heavy atom. The van der Waals surface area contributed by atoms with Crippen molar-refractivity contribution in [2.45, 2.75) is 98.8 Å². The first-order chi connectivity index (χ1) is 14.1. The summed E-state index contributed by atoms with van der Waals surface area (Å²) in [5.41, 5.74) is 0. The molecule has 29 heavy (non-hydrogen) atoms. The summed E-state index contributed by atoms with van der Waals surface area (Å²) >= 11 is 3.31. The number of phenols is 1. The van der Waals surface area contributed by atoms with Crippen molar-refractivity contribution in [1.29, 1.82) is 0 Å². The fourth-order valence-electron chi connectivity index (χ4n) is 3.21. The molecule has 1 rings (SSSR count). The lowest BCUT2D eigenvalue weighted by Crippen LogP contribution is -2.50. The number of quaternary nitrogens is 1. The molecule has 0 saturated heterocycles. The number of rotatable bonds is 14. The average molecular weight is 474 g/mol. The third kappa shape index (κ3) is 20.5. The van der Waals surface area contributed by atoms with Gasteiger partial charge < -0.3 is 9.59 Å². The number of halogens is 1. The van der Waals surface area contributed by atoms with Crippen molar-refractivity contribution < 1.29 is 9.59 Å². The van der Waals surface area contributed by atoms with Gasteiger partial charge in [0.15, 0.2) is 0 Å². The molecule has 0 radical (unpaired) electrons. The molecule has 0 aromatic heterocycles. The van der Waals surface area contributed by atoms with Crippen LogP contribution in [0, 0.1) is 0 Å². The molecule has 0 heterocycles. The van der Waals surface area contributed by atoms with Gasteiger partial charge in [0.1, 0.15) is 5.75 Å². The second-order valence-corrected chi connectivity index (χ2v) is 8.82. The molecular formula is C26H51BrNO+. The second-order valence-electron chi connectivity index (χ2n) is 8.03. The van der Waals surface area contributed by atoms with Gasteiger partial charge in [-0.25, -0.2) is 0 Å². The van der Waals surface area contributed by atoms with Crippen LogP contribution in [0.5, 0.6) is 5.75 Å². The highest BCUT2D eigenvalue weighted by atomic mass is 79.9. The molecule has 3 heteroatoms. The van der Waals surface area contributed by atoms with E-state index in [1.54, 1.807) is 24.3 Å². The number of benzene rings is 1. The van der Waals surface area contributed by atoms with Crippen molar-refractivity contribution in [3.05, 3.63) is 30.3 Å². The topological polar surface area (TPSA) is 20.2 Å². The summed E-state index contributed by atoms with van der Waals surface area (Å²) in [6.07, 6.45) is 13.7. The van der Waals surface area contributed by atoms with E-state index in [9.17, 15) is 0 Å². The highest BCUT2D eigenvalue weighted by molar-refractivity contribution is 9.09. The molecule has 0 aliphatic carbocycles. The Kier molecular flexibility index (Phi) is 25.1.